The quantitative estimate of drug-likeness (QED) is 0.782. The number of thiazole rings is 1. The first kappa shape index (κ1) is 20.8. The zero-order valence-corrected chi connectivity index (χ0v) is 16.4. The van der Waals surface area contributed by atoms with Crippen LogP contribution in [0.15, 0.2) is 35.7 Å². The van der Waals surface area contributed by atoms with Crippen molar-refractivity contribution in [3.8, 4) is 0 Å². The fourth-order valence-corrected chi connectivity index (χ4v) is 3.81. The number of likely N-dealkylation sites (tertiary alicyclic amines) is 1. The van der Waals surface area contributed by atoms with Crippen LogP contribution in [-0.4, -0.2) is 48.1 Å². The second-order valence-electron chi connectivity index (χ2n) is 6.26. The Morgan fingerprint density at radius 2 is 1.96 bits per heavy atom. The number of halogens is 1. The molecule has 2 aromatic rings. The van der Waals surface area contributed by atoms with Gasteiger partial charge in [0.1, 0.15) is 5.69 Å². The van der Waals surface area contributed by atoms with E-state index in [1.54, 1.807) is 0 Å². The molecule has 0 radical (unpaired) electrons. The van der Waals surface area contributed by atoms with E-state index in [0.717, 1.165) is 50.4 Å². The molecule has 0 aliphatic carbocycles. The Balaban J connectivity index is 0.00000243. The maximum Gasteiger partial charge on any atom is 0.273 e. The van der Waals surface area contributed by atoms with E-state index in [-0.39, 0.29) is 24.4 Å². The summed E-state index contributed by atoms with van der Waals surface area (Å²) >= 11 is 1.51. The summed E-state index contributed by atoms with van der Waals surface area (Å²) in [6.07, 6.45) is 3.69. The highest BCUT2D eigenvalue weighted by molar-refractivity contribution is 7.09. The molecule has 5 nitrogen and oxygen atoms in total. The molecule has 142 valence electrons. The monoisotopic (exact) mass is 395 g/mol. The number of rotatable bonds is 7. The number of hydrogen-bond donors (Lipinski definition) is 1. The van der Waals surface area contributed by atoms with E-state index in [2.05, 4.69) is 29.2 Å². The van der Waals surface area contributed by atoms with Gasteiger partial charge in [0.25, 0.3) is 5.91 Å². The van der Waals surface area contributed by atoms with Crippen LogP contribution >= 0.6 is 23.7 Å². The van der Waals surface area contributed by atoms with Crippen molar-refractivity contribution in [1.82, 2.24) is 9.88 Å². The topological polar surface area (TPSA) is 68.5 Å². The summed E-state index contributed by atoms with van der Waals surface area (Å²) in [7, 11) is 0. The van der Waals surface area contributed by atoms with Crippen molar-refractivity contribution >= 4 is 29.7 Å². The maximum atomic E-state index is 12.5. The lowest BCUT2D eigenvalue weighted by atomic mass is 10.1. The summed E-state index contributed by atoms with van der Waals surface area (Å²) < 4.78 is 5.99. The lowest BCUT2D eigenvalue weighted by Gasteiger charge is -2.31. The molecule has 0 atom stereocenters. The Morgan fingerprint density at radius 1 is 1.23 bits per heavy atom. The van der Waals surface area contributed by atoms with Crippen molar-refractivity contribution < 1.29 is 9.53 Å². The molecule has 0 saturated carbocycles. The molecule has 3 rings (SSSR count). The highest BCUT2D eigenvalue weighted by atomic mass is 35.5. The van der Waals surface area contributed by atoms with Crippen molar-refractivity contribution in [3.05, 3.63) is 52.0 Å². The molecule has 0 unspecified atom stereocenters. The predicted molar refractivity (Wildman–Crippen MR) is 107 cm³/mol. The number of hydrogen-bond acceptors (Lipinski definition) is 5. The number of benzene rings is 1. The average Bonchev–Trinajstić information content (AvgIpc) is 3.12. The Hall–Kier alpha value is -1.47. The van der Waals surface area contributed by atoms with Gasteiger partial charge in [-0.1, -0.05) is 30.3 Å². The van der Waals surface area contributed by atoms with E-state index in [1.165, 1.54) is 16.9 Å². The third kappa shape index (κ3) is 5.77. The lowest BCUT2D eigenvalue weighted by Crippen LogP contribution is -2.41. The summed E-state index contributed by atoms with van der Waals surface area (Å²) in [5.74, 6) is 0.0299. The molecule has 7 heteroatoms. The van der Waals surface area contributed by atoms with Crippen molar-refractivity contribution in [3.63, 3.8) is 0 Å². The molecule has 2 heterocycles. The van der Waals surface area contributed by atoms with Gasteiger partial charge in [0, 0.05) is 24.9 Å². The molecule has 1 aromatic heterocycles. The molecule has 1 aliphatic heterocycles. The summed E-state index contributed by atoms with van der Waals surface area (Å²) in [5, 5.41) is 2.78. The smallest absolute Gasteiger partial charge is 0.273 e. The summed E-state index contributed by atoms with van der Waals surface area (Å²) in [6, 6.07) is 10.4. The summed E-state index contributed by atoms with van der Waals surface area (Å²) in [6.45, 7) is 2.77. The number of carbonyl (C=O) groups excluding carboxylic acids is 1. The molecule has 1 aromatic carbocycles. The second-order valence-corrected chi connectivity index (χ2v) is 7.21. The molecule has 1 amide bonds. The standard InChI is InChI=1S/C19H25N3O2S.ClH/c20-10-6-18-21-17(14-25-18)19(23)22-11-7-16(8-12-22)24-13-9-15-4-2-1-3-5-15;/h1-5,14,16H,6-13,20H2;1H. The molecule has 1 saturated heterocycles. The Labute approximate surface area is 165 Å². The van der Waals surface area contributed by atoms with E-state index < -0.39 is 0 Å². The fraction of sp³-hybridized carbons (Fsp3) is 0.474. The first-order valence-electron chi connectivity index (χ1n) is 8.85. The minimum atomic E-state index is 0. The molecular formula is C19H26ClN3O2S. The van der Waals surface area contributed by atoms with Crippen LogP contribution in [0.2, 0.25) is 0 Å². The van der Waals surface area contributed by atoms with Gasteiger partial charge in [-0.25, -0.2) is 4.98 Å². The van der Waals surface area contributed by atoms with Gasteiger partial charge in [-0.15, -0.1) is 23.7 Å². The minimum Gasteiger partial charge on any atom is -0.378 e. The van der Waals surface area contributed by atoms with E-state index >= 15 is 0 Å². The molecule has 0 spiro atoms. The zero-order chi connectivity index (χ0) is 17.5. The van der Waals surface area contributed by atoms with Crippen LogP contribution in [0.5, 0.6) is 0 Å². The van der Waals surface area contributed by atoms with Gasteiger partial charge in [0.2, 0.25) is 0 Å². The summed E-state index contributed by atoms with van der Waals surface area (Å²) in [5.41, 5.74) is 7.39. The van der Waals surface area contributed by atoms with Gasteiger partial charge in [-0.3, -0.25) is 4.79 Å². The third-order valence-electron chi connectivity index (χ3n) is 4.45. The lowest BCUT2D eigenvalue weighted by molar-refractivity contribution is 0.00990. The van der Waals surface area contributed by atoms with Gasteiger partial charge in [-0.05, 0) is 31.4 Å². The van der Waals surface area contributed by atoms with Crippen molar-refractivity contribution in [1.29, 1.82) is 0 Å². The molecule has 0 bridgehead atoms. The van der Waals surface area contributed by atoms with E-state index in [0.29, 0.717) is 12.2 Å². The van der Waals surface area contributed by atoms with Crippen LogP contribution < -0.4 is 5.73 Å². The Morgan fingerprint density at radius 3 is 2.65 bits per heavy atom. The molecule has 1 aliphatic rings. The van der Waals surface area contributed by atoms with Gasteiger partial charge in [-0.2, -0.15) is 0 Å². The van der Waals surface area contributed by atoms with E-state index in [4.69, 9.17) is 10.5 Å². The first-order chi connectivity index (χ1) is 12.3. The normalized spacial score (nSPS) is 14.9. The fourth-order valence-electron chi connectivity index (χ4n) is 3.02. The highest BCUT2D eigenvalue weighted by Crippen LogP contribution is 2.18. The predicted octanol–water partition coefficient (Wildman–Crippen LogP) is 2.93. The van der Waals surface area contributed by atoms with Crippen LogP contribution in [0.1, 0.15) is 33.9 Å². The molecule has 2 N–H and O–H groups in total. The SMILES string of the molecule is Cl.NCCc1nc(C(=O)N2CCC(OCCc3ccccc3)CC2)cs1. The van der Waals surface area contributed by atoms with Crippen LogP contribution in [0, 0.1) is 0 Å². The van der Waals surface area contributed by atoms with E-state index in [9.17, 15) is 4.79 Å². The van der Waals surface area contributed by atoms with Crippen molar-refractivity contribution in [2.75, 3.05) is 26.2 Å². The van der Waals surface area contributed by atoms with Crippen LogP contribution in [0.3, 0.4) is 0 Å². The highest BCUT2D eigenvalue weighted by Gasteiger charge is 2.25. The van der Waals surface area contributed by atoms with Crippen molar-refractivity contribution in [2.45, 2.75) is 31.8 Å². The number of amides is 1. The number of nitrogens with zero attached hydrogens (tertiary/aromatic N) is 2. The number of nitrogens with two attached hydrogens (primary N) is 1. The average molecular weight is 396 g/mol. The van der Waals surface area contributed by atoms with Gasteiger partial charge >= 0.3 is 0 Å². The maximum absolute atomic E-state index is 12.5. The van der Waals surface area contributed by atoms with Gasteiger partial charge in [0.05, 0.1) is 17.7 Å². The molecular weight excluding hydrogens is 370 g/mol. The molecule has 1 fully saturated rings. The number of ether oxygens (including phenoxy) is 1. The number of piperidine rings is 1. The van der Waals surface area contributed by atoms with E-state index in [1.807, 2.05) is 16.3 Å². The van der Waals surface area contributed by atoms with Crippen LogP contribution in [-0.2, 0) is 17.6 Å². The summed E-state index contributed by atoms with van der Waals surface area (Å²) in [4.78, 5) is 18.8. The molecule has 26 heavy (non-hydrogen) atoms. The van der Waals surface area contributed by atoms with Crippen molar-refractivity contribution in [2.24, 2.45) is 5.73 Å². The Kier molecular flexibility index (Phi) is 8.51. The minimum absolute atomic E-state index is 0. The van der Waals surface area contributed by atoms with Crippen LogP contribution in [0.4, 0.5) is 0 Å². The first-order valence-corrected chi connectivity index (χ1v) is 9.73. The van der Waals surface area contributed by atoms with Crippen LogP contribution in [0.25, 0.3) is 0 Å². The Bertz CT molecular complexity index is 672. The second kappa shape index (κ2) is 10.6. The zero-order valence-electron chi connectivity index (χ0n) is 14.8. The van der Waals surface area contributed by atoms with Gasteiger partial charge < -0.3 is 15.4 Å². The van der Waals surface area contributed by atoms with Gasteiger partial charge in [0.15, 0.2) is 0 Å². The number of aromatic nitrogens is 1. The largest absolute Gasteiger partial charge is 0.378 e. The number of carbonyl (C=O) groups is 1. The third-order valence-corrected chi connectivity index (χ3v) is 5.35.